The molecule has 170 valence electrons. The SMILES string of the molecule is COc1ccc(-c2sc3cc(OC)ccc3c2C(=O)c2cc(OC)c(OC)c(OC)c2)cc1. The Labute approximate surface area is 196 Å². The fraction of sp³-hybridized carbons (Fsp3) is 0.192. The largest absolute Gasteiger partial charge is 0.497 e. The van der Waals surface area contributed by atoms with Crippen LogP contribution in [0.2, 0.25) is 0 Å². The quantitative estimate of drug-likeness (QED) is 0.305. The van der Waals surface area contributed by atoms with Gasteiger partial charge in [0.25, 0.3) is 0 Å². The molecule has 7 heteroatoms. The first-order valence-corrected chi connectivity index (χ1v) is 11.0. The van der Waals surface area contributed by atoms with Crippen LogP contribution in [0.5, 0.6) is 28.7 Å². The number of carbonyl (C=O) groups is 1. The lowest BCUT2D eigenvalue weighted by atomic mass is 9.97. The van der Waals surface area contributed by atoms with Crippen molar-refractivity contribution in [1.82, 2.24) is 0 Å². The molecule has 33 heavy (non-hydrogen) atoms. The van der Waals surface area contributed by atoms with Crippen molar-refractivity contribution in [2.75, 3.05) is 35.5 Å². The molecule has 0 radical (unpaired) electrons. The Kier molecular flexibility index (Phi) is 6.42. The fourth-order valence-electron chi connectivity index (χ4n) is 3.73. The summed E-state index contributed by atoms with van der Waals surface area (Å²) in [5, 5.41) is 0.852. The molecule has 0 saturated carbocycles. The van der Waals surface area contributed by atoms with E-state index in [1.165, 1.54) is 21.3 Å². The molecule has 0 unspecified atom stereocenters. The van der Waals surface area contributed by atoms with Crippen LogP contribution in [0.15, 0.2) is 54.6 Å². The second-order valence-electron chi connectivity index (χ2n) is 7.14. The summed E-state index contributed by atoms with van der Waals surface area (Å²) in [6.45, 7) is 0. The van der Waals surface area contributed by atoms with Crippen LogP contribution in [0.25, 0.3) is 20.5 Å². The van der Waals surface area contributed by atoms with Crippen LogP contribution in [0, 0.1) is 0 Å². The smallest absolute Gasteiger partial charge is 0.203 e. The molecule has 0 aliphatic rings. The number of thiophene rings is 1. The first kappa shape index (κ1) is 22.5. The Hall–Kier alpha value is -3.71. The van der Waals surface area contributed by atoms with E-state index < -0.39 is 0 Å². The monoisotopic (exact) mass is 464 g/mol. The van der Waals surface area contributed by atoms with Gasteiger partial charge in [-0.2, -0.15) is 0 Å². The number of benzene rings is 3. The zero-order valence-corrected chi connectivity index (χ0v) is 19.9. The molecule has 0 aliphatic carbocycles. The zero-order chi connectivity index (χ0) is 23.5. The number of rotatable bonds is 8. The van der Waals surface area contributed by atoms with Gasteiger partial charge in [-0.3, -0.25) is 4.79 Å². The van der Waals surface area contributed by atoms with Crippen molar-refractivity contribution in [1.29, 1.82) is 0 Å². The van der Waals surface area contributed by atoms with Crippen molar-refractivity contribution in [2.24, 2.45) is 0 Å². The van der Waals surface area contributed by atoms with Gasteiger partial charge in [0.1, 0.15) is 11.5 Å². The summed E-state index contributed by atoms with van der Waals surface area (Å²) in [4.78, 5) is 14.8. The molecule has 1 aromatic heterocycles. The van der Waals surface area contributed by atoms with Crippen molar-refractivity contribution in [3.05, 3.63) is 65.7 Å². The summed E-state index contributed by atoms with van der Waals surface area (Å²) >= 11 is 1.54. The van der Waals surface area contributed by atoms with E-state index in [2.05, 4.69) is 0 Å². The number of methoxy groups -OCH3 is 5. The van der Waals surface area contributed by atoms with E-state index in [0.717, 1.165) is 32.0 Å². The van der Waals surface area contributed by atoms with Crippen molar-refractivity contribution >= 4 is 27.2 Å². The summed E-state index contributed by atoms with van der Waals surface area (Å²) in [5.74, 6) is 2.62. The van der Waals surface area contributed by atoms with Gasteiger partial charge in [-0.05, 0) is 60.2 Å². The molecule has 0 bridgehead atoms. The maximum Gasteiger partial charge on any atom is 0.203 e. The molecular weight excluding hydrogens is 440 g/mol. The molecule has 0 atom stereocenters. The summed E-state index contributed by atoms with van der Waals surface area (Å²) in [6, 6.07) is 16.7. The van der Waals surface area contributed by atoms with E-state index in [1.54, 1.807) is 37.7 Å². The number of carbonyl (C=O) groups excluding carboxylic acids is 1. The number of hydrogen-bond acceptors (Lipinski definition) is 7. The number of fused-ring (bicyclic) bond motifs is 1. The zero-order valence-electron chi connectivity index (χ0n) is 19.1. The van der Waals surface area contributed by atoms with E-state index in [-0.39, 0.29) is 5.78 Å². The highest BCUT2D eigenvalue weighted by atomic mass is 32.1. The topological polar surface area (TPSA) is 63.2 Å². The molecule has 4 aromatic rings. The average Bonchev–Trinajstić information content (AvgIpc) is 3.25. The van der Waals surface area contributed by atoms with Gasteiger partial charge in [0.15, 0.2) is 17.3 Å². The average molecular weight is 465 g/mol. The van der Waals surface area contributed by atoms with E-state index in [4.69, 9.17) is 23.7 Å². The maximum absolute atomic E-state index is 13.9. The molecule has 6 nitrogen and oxygen atoms in total. The van der Waals surface area contributed by atoms with Gasteiger partial charge < -0.3 is 23.7 Å². The molecule has 0 amide bonds. The van der Waals surface area contributed by atoms with Crippen LogP contribution < -0.4 is 23.7 Å². The number of ether oxygens (including phenoxy) is 5. The van der Waals surface area contributed by atoms with Gasteiger partial charge in [0, 0.05) is 26.1 Å². The number of ketones is 1. The highest BCUT2D eigenvalue weighted by Crippen LogP contribution is 2.44. The van der Waals surface area contributed by atoms with Crippen LogP contribution in [-0.4, -0.2) is 41.3 Å². The molecule has 0 spiro atoms. The molecule has 0 N–H and O–H groups in total. The van der Waals surface area contributed by atoms with E-state index in [1.807, 2.05) is 42.5 Å². The van der Waals surface area contributed by atoms with Crippen LogP contribution in [0.4, 0.5) is 0 Å². The van der Waals surface area contributed by atoms with Crippen LogP contribution in [0.1, 0.15) is 15.9 Å². The lowest BCUT2D eigenvalue weighted by Crippen LogP contribution is -2.05. The Morgan fingerprint density at radius 2 is 1.30 bits per heavy atom. The third kappa shape index (κ3) is 4.07. The van der Waals surface area contributed by atoms with Gasteiger partial charge in [0.05, 0.1) is 35.5 Å². The van der Waals surface area contributed by atoms with Crippen LogP contribution >= 0.6 is 11.3 Å². The van der Waals surface area contributed by atoms with Crippen molar-refractivity contribution in [2.45, 2.75) is 0 Å². The highest BCUT2D eigenvalue weighted by molar-refractivity contribution is 7.22. The van der Waals surface area contributed by atoms with E-state index >= 15 is 0 Å². The first-order chi connectivity index (χ1) is 16.0. The lowest BCUT2D eigenvalue weighted by Gasteiger charge is -2.14. The van der Waals surface area contributed by atoms with Crippen molar-refractivity contribution < 1.29 is 28.5 Å². The molecule has 3 aromatic carbocycles. The minimum absolute atomic E-state index is 0.142. The summed E-state index contributed by atoms with van der Waals surface area (Å²) in [5.41, 5.74) is 1.97. The van der Waals surface area contributed by atoms with Crippen molar-refractivity contribution in [3.63, 3.8) is 0 Å². The van der Waals surface area contributed by atoms with E-state index in [9.17, 15) is 4.79 Å². The Bertz CT molecular complexity index is 1280. The number of hydrogen-bond donors (Lipinski definition) is 0. The van der Waals surface area contributed by atoms with Gasteiger partial charge in [-0.25, -0.2) is 0 Å². The summed E-state index contributed by atoms with van der Waals surface area (Å²) < 4.78 is 28.0. The van der Waals surface area contributed by atoms with Gasteiger partial charge in [0.2, 0.25) is 5.75 Å². The minimum atomic E-state index is -0.142. The highest BCUT2D eigenvalue weighted by Gasteiger charge is 2.24. The normalized spacial score (nSPS) is 10.7. The van der Waals surface area contributed by atoms with Crippen LogP contribution in [0.3, 0.4) is 0 Å². The predicted octanol–water partition coefficient (Wildman–Crippen LogP) is 5.84. The Balaban J connectivity index is 1.94. The molecule has 0 saturated heterocycles. The predicted molar refractivity (Wildman–Crippen MR) is 130 cm³/mol. The van der Waals surface area contributed by atoms with Gasteiger partial charge in [-0.15, -0.1) is 11.3 Å². The standard InChI is InChI=1S/C26H24O6S/c1-28-17-8-6-15(7-9-17)26-23(19-11-10-18(29-2)14-22(19)33-26)24(27)16-12-20(30-3)25(32-5)21(13-16)31-4/h6-14H,1-5H3. The third-order valence-electron chi connectivity index (χ3n) is 5.40. The second kappa shape index (κ2) is 9.42. The summed E-state index contributed by atoms with van der Waals surface area (Å²) in [7, 11) is 7.84. The Morgan fingerprint density at radius 3 is 1.85 bits per heavy atom. The molecular formula is C26H24O6S. The maximum atomic E-state index is 13.9. The first-order valence-electron chi connectivity index (χ1n) is 10.1. The minimum Gasteiger partial charge on any atom is -0.497 e. The Morgan fingerprint density at radius 1 is 0.697 bits per heavy atom. The van der Waals surface area contributed by atoms with Crippen LogP contribution in [-0.2, 0) is 0 Å². The summed E-state index contributed by atoms with van der Waals surface area (Å²) in [6.07, 6.45) is 0. The molecule has 0 aliphatic heterocycles. The fourth-order valence-corrected chi connectivity index (χ4v) is 4.97. The van der Waals surface area contributed by atoms with Gasteiger partial charge in [-0.1, -0.05) is 0 Å². The molecule has 1 heterocycles. The lowest BCUT2D eigenvalue weighted by molar-refractivity contribution is 0.104. The second-order valence-corrected chi connectivity index (χ2v) is 8.19. The van der Waals surface area contributed by atoms with Gasteiger partial charge >= 0.3 is 0 Å². The van der Waals surface area contributed by atoms with E-state index in [0.29, 0.717) is 28.4 Å². The van der Waals surface area contributed by atoms with Crippen molar-refractivity contribution in [3.8, 4) is 39.2 Å². The molecule has 4 rings (SSSR count). The molecule has 0 fully saturated rings. The third-order valence-corrected chi connectivity index (χ3v) is 6.61.